The fraction of sp³-hybridized carbons (Fsp3) is 0.0952. The van der Waals surface area contributed by atoms with Gasteiger partial charge in [0.1, 0.15) is 17.0 Å². The number of nitrogens with zero attached hydrogens (tertiary/aromatic N) is 2. The molecule has 1 N–H and O–H groups in total. The van der Waals surface area contributed by atoms with Crippen LogP contribution in [-0.2, 0) is 0 Å². The van der Waals surface area contributed by atoms with Crippen LogP contribution in [0.25, 0.3) is 22.6 Å². The molecule has 8 heteroatoms. The molecule has 2 heterocycles. The summed E-state index contributed by atoms with van der Waals surface area (Å²) < 4.78 is 17.1. The van der Waals surface area contributed by atoms with Gasteiger partial charge in [-0.2, -0.15) is 0 Å². The highest BCUT2D eigenvalue weighted by Gasteiger charge is 2.13. The second kappa shape index (κ2) is 7.92. The van der Waals surface area contributed by atoms with Gasteiger partial charge in [0, 0.05) is 34.2 Å². The fourth-order valence-electron chi connectivity index (χ4n) is 2.80. The smallest absolute Gasteiger partial charge is 0.255 e. The van der Waals surface area contributed by atoms with Gasteiger partial charge in [-0.05, 0) is 52.3 Å². The summed E-state index contributed by atoms with van der Waals surface area (Å²) in [6.45, 7) is 0. The van der Waals surface area contributed by atoms with Crippen LogP contribution in [0.15, 0.2) is 63.7 Å². The third-order valence-corrected chi connectivity index (χ3v) is 4.64. The van der Waals surface area contributed by atoms with E-state index in [9.17, 15) is 4.79 Å². The van der Waals surface area contributed by atoms with E-state index in [1.54, 1.807) is 48.8 Å². The second-order valence-corrected chi connectivity index (χ2v) is 7.06. The molecule has 0 unspecified atom stereocenters. The Balaban J connectivity index is 1.61. The van der Waals surface area contributed by atoms with Crippen LogP contribution in [0, 0.1) is 0 Å². The summed E-state index contributed by atoms with van der Waals surface area (Å²) in [6, 6.07) is 12.1. The minimum absolute atomic E-state index is 0.290. The first-order chi connectivity index (χ1) is 14.1. The molecule has 0 fully saturated rings. The molecule has 0 aliphatic heterocycles. The number of halogens is 1. The minimum Gasteiger partial charge on any atom is -0.497 e. The van der Waals surface area contributed by atoms with E-state index in [1.165, 1.54) is 14.2 Å². The molecule has 146 valence electrons. The Kier molecular flexibility index (Phi) is 5.18. The molecule has 4 aromatic rings. The SMILES string of the molecule is COc1cc(OC)cc(C(=O)Nc2ccc3oc(-c4cncc(Br)c4)nc3c2)c1. The Morgan fingerprint density at radius 3 is 2.48 bits per heavy atom. The van der Waals surface area contributed by atoms with Crippen LogP contribution in [-0.4, -0.2) is 30.1 Å². The van der Waals surface area contributed by atoms with Crippen molar-refractivity contribution in [3.05, 3.63) is 64.9 Å². The summed E-state index contributed by atoms with van der Waals surface area (Å²) in [5.74, 6) is 1.23. The first-order valence-electron chi connectivity index (χ1n) is 8.61. The van der Waals surface area contributed by atoms with E-state index >= 15 is 0 Å². The van der Waals surface area contributed by atoms with Crippen molar-refractivity contribution in [2.45, 2.75) is 0 Å². The molecule has 2 aromatic carbocycles. The molecule has 0 atom stereocenters. The number of hydrogen-bond donors (Lipinski definition) is 1. The van der Waals surface area contributed by atoms with Gasteiger partial charge in [-0.15, -0.1) is 0 Å². The molecular weight excluding hydrogens is 438 g/mol. The number of rotatable bonds is 5. The van der Waals surface area contributed by atoms with E-state index in [1.807, 2.05) is 6.07 Å². The normalized spacial score (nSPS) is 10.7. The Bertz CT molecular complexity index is 1180. The summed E-state index contributed by atoms with van der Waals surface area (Å²) in [5.41, 5.74) is 3.01. The summed E-state index contributed by atoms with van der Waals surface area (Å²) in [4.78, 5) is 21.3. The molecule has 0 saturated carbocycles. The standard InChI is InChI=1S/C21H16BrN3O4/c1-27-16-6-12(7-17(9-16)28-2)20(26)24-15-3-4-19-18(8-15)25-21(29-19)13-5-14(22)11-23-10-13/h3-11H,1-2H3,(H,24,26). The number of pyridine rings is 1. The highest BCUT2D eigenvalue weighted by Crippen LogP contribution is 2.28. The van der Waals surface area contributed by atoms with Gasteiger partial charge >= 0.3 is 0 Å². The predicted molar refractivity (Wildman–Crippen MR) is 112 cm³/mol. The van der Waals surface area contributed by atoms with Crippen molar-refractivity contribution < 1.29 is 18.7 Å². The zero-order valence-corrected chi connectivity index (χ0v) is 17.2. The van der Waals surface area contributed by atoms with Crippen molar-refractivity contribution >= 4 is 38.6 Å². The number of aromatic nitrogens is 2. The molecular formula is C21H16BrN3O4. The largest absolute Gasteiger partial charge is 0.497 e. The number of methoxy groups -OCH3 is 2. The van der Waals surface area contributed by atoms with Crippen molar-refractivity contribution in [1.29, 1.82) is 0 Å². The van der Waals surface area contributed by atoms with E-state index < -0.39 is 0 Å². The number of carbonyl (C=O) groups is 1. The van der Waals surface area contributed by atoms with Crippen molar-refractivity contribution in [2.75, 3.05) is 19.5 Å². The average Bonchev–Trinajstić information content (AvgIpc) is 3.16. The quantitative estimate of drug-likeness (QED) is 0.461. The number of benzene rings is 2. The molecule has 0 spiro atoms. The van der Waals surface area contributed by atoms with Crippen LogP contribution >= 0.6 is 15.9 Å². The monoisotopic (exact) mass is 453 g/mol. The van der Waals surface area contributed by atoms with Crippen molar-refractivity contribution in [2.24, 2.45) is 0 Å². The van der Waals surface area contributed by atoms with Gasteiger partial charge in [-0.3, -0.25) is 9.78 Å². The van der Waals surface area contributed by atoms with E-state index in [0.717, 1.165) is 10.0 Å². The zero-order chi connectivity index (χ0) is 20.4. The second-order valence-electron chi connectivity index (χ2n) is 6.15. The number of amides is 1. The van der Waals surface area contributed by atoms with E-state index in [4.69, 9.17) is 13.9 Å². The zero-order valence-electron chi connectivity index (χ0n) is 15.6. The summed E-state index contributed by atoms with van der Waals surface area (Å²) in [6.07, 6.45) is 3.36. The first-order valence-corrected chi connectivity index (χ1v) is 9.41. The van der Waals surface area contributed by atoms with Gasteiger partial charge in [0.15, 0.2) is 5.58 Å². The summed E-state index contributed by atoms with van der Waals surface area (Å²) in [7, 11) is 3.07. The maximum Gasteiger partial charge on any atom is 0.255 e. The molecule has 4 rings (SSSR count). The third-order valence-electron chi connectivity index (χ3n) is 4.21. The van der Waals surface area contributed by atoms with Gasteiger partial charge < -0.3 is 19.2 Å². The van der Waals surface area contributed by atoms with Crippen LogP contribution in [0.2, 0.25) is 0 Å². The maximum absolute atomic E-state index is 12.7. The van der Waals surface area contributed by atoms with Gasteiger partial charge in [0.05, 0.1) is 19.8 Å². The van der Waals surface area contributed by atoms with Gasteiger partial charge in [-0.1, -0.05) is 0 Å². The lowest BCUT2D eigenvalue weighted by Crippen LogP contribution is -2.12. The molecule has 1 amide bonds. The number of ether oxygens (including phenoxy) is 2. The van der Waals surface area contributed by atoms with Crippen molar-refractivity contribution in [3.63, 3.8) is 0 Å². The molecule has 0 aliphatic carbocycles. The van der Waals surface area contributed by atoms with E-state index in [2.05, 4.69) is 31.2 Å². The van der Waals surface area contributed by atoms with Crippen LogP contribution in [0.5, 0.6) is 11.5 Å². The third kappa shape index (κ3) is 4.07. The molecule has 0 radical (unpaired) electrons. The highest BCUT2D eigenvalue weighted by atomic mass is 79.9. The number of oxazole rings is 1. The van der Waals surface area contributed by atoms with Crippen LogP contribution in [0.3, 0.4) is 0 Å². The summed E-state index contributed by atoms with van der Waals surface area (Å²) >= 11 is 3.39. The molecule has 0 aliphatic rings. The minimum atomic E-state index is -0.290. The molecule has 2 aromatic heterocycles. The Morgan fingerprint density at radius 2 is 1.79 bits per heavy atom. The lowest BCUT2D eigenvalue weighted by atomic mass is 10.1. The number of carbonyl (C=O) groups excluding carboxylic acids is 1. The number of anilines is 1. The predicted octanol–water partition coefficient (Wildman–Crippen LogP) is 4.92. The highest BCUT2D eigenvalue weighted by molar-refractivity contribution is 9.10. The van der Waals surface area contributed by atoms with E-state index in [-0.39, 0.29) is 5.91 Å². The first kappa shape index (κ1) is 18.9. The van der Waals surface area contributed by atoms with Crippen molar-refractivity contribution in [1.82, 2.24) is 9.97 Å². The van der Waals surface area contributed by atoms with Crippen LogP contribution in [0.4, 0.5) is 5.69 Å². The topological polar surface area (TPSA) is 86.5 Å². The van der Waals surface area contributed by atoms with Gasteiger partial charge in [-0.25, -0.2) is 4.98 Å². The average molecular weight is 454 g/mol. The fourth-order valence-corrected chi connectivity index (χ4v) is 3.16. The summed E-state index contributed by atoms with van der Waals surface area (Å²) in [5, 5.41) is 2.86. The van der Waals surface area contributed by atoms with Crippen LogP contribution in [0.1, 0.15) is 10.4 Å². The molecule has 7 nitrogen and oxygen atoms in total. The van der Waals surface area contributed by atoms with Gasteiger partial charge in [0.2, 0.25) is 5.89 Å². The molecule has 0 saturated heterocycles. The number of fused-ring (bicyclic) bond motifs is 1. The lowest BCUT2D eigenvalue weighted by molar-refractivity contribution is 0.102. The van der Waals surface area contributed by atoms with Crippen LogP contribution < -0.4 is 14.8 Å². The van der Waals surface area contributed by atoms with Crippen molar-refractivity contribution in [3.8, 4) is 23.0 Å². The Hall–Kier alpha value is -3.39. The number of nitrogens with one attached hydrogen (secondary N) is 1. The van der Waals surface area contributed by atoms with E-state index in [0.29, 0.717) is 39.7 Å². The van der Waals surface area contributed by atoms with Gasteiger partial charge in [0.25, 0.3) is 5.91 Å². The maximum atomic E-state index is 12.7. The molecule has 29 heavy (non-hydrogen) atoms. The Labute approximate surface area is 174 Å². The lowest BCUT2D eigenvalue weighted by Gasteiger charge is -2.09. The Morgan fingerprint density at radius 1 is 1.03 bits per heavy atom. The molecule has 0 bridgehead atoms. The number of hydrogen-bond acceptors (Lipinski definition) is 6.